The van der Waals surface area contributed by atoms with Crippen LogP contribution in [0, 0.1) is 23.2 Å². The van der Waals surface area contributed by atoms with E-state index in [2.05, 4.69) is 13.2 Å². The predicted molar refractivity (Wildman–Crippen MR) is 66.0 cm³/mol. The minimum absolute atomic E-state index is 0.168. The van der Waals surface area contributed by atoms with Crippen LogP contribution in [-0.2, 0) is 0 Å². The molecular weight excluding hydrogens is 196 g/mol. The number of hydrogen-bond donors (Lipinski definition) is 1. The van der Waals surface area contributed by atoms with Crippen molar-refractivity contribution in [1.29, 1.82) is 0 Å². The van der Waals surface area contributed by atoms with Crippen molar-refractivity contribution in [3.63, 3.8) is 0 Å². The minimum Gasteiger partial charge on any atom is -0.392 e. The van der Waals surface area contributed by atoms with Crippen molar-refractivity contribution in [2.24, 2.45) is 23.2 Å². The van der Waals surface area contributed by atoms with Crippen molar-refractivity contribution in [2.75, 3.05) is 6.61 Å². The molecule has 0 heterocycles. The summed E-state index contributed by atoms with van der Waals surface area (Å²) in [6, 6.07) is 0. The second-order valence-corrected chi connectivity index (χ2v) is 6.14. The molecule has 88 valence electrons. The Balaban J connectivity index is 1.82. The van der Waals surface area contributed by atoms with Crippen LogP contribution in [-0.4, -0.2) is 11.7 Å². The molecule has 0 aromatic carbocycles. The lowest BCUT2D eigenvalue weighted by Crippen LogP contribution is -2.27. The standard InChI is InChI=1S/C15H22O/c1-10(9-16)13-5-6-15(8-13)11(2)12-3-4-14(15)7-12/h12-14,16H,1-9H2. The molecule has 1 N–H and O–H groups in total. The molecule has 4 unspecified atom stereocenters. The zero-order valence-corrected chi connectivity index (χ0v) is 10.0. The first-order chi connectivity index (χ1) is 7.67. The molecular formula is C15H22O. The molecule has 1 spiro atoms. The van der Waals surface area contributed by atoms with Gasteiger partial charge in [0.25, 0.3) is 0 Å². The van der Waals surface area contributed by atoms with Gasteiger partial charge in [0.15, 0.2) is 0 Å². The quantitative estimate of drug-likeness (QED) is 0.705. The van der Waals surface area contributed by atoms with E-state index >= 15 is 0 Å². The number of hydrogen-bond acceptors (Lipinski definition) is 1. The maximum atomic E-state index is 9.20. The number of aliphatic hydroxyl groups excluding tert-OH is 1. The summed E-state index contributed by atoms with van der Waals surface area (Å²) in [4.78, 5) is 0. The normalized spacial score (nSPS) is 45.8. The summed E-state index contributed by atoms with van der Waals surface area (Å²) in [6.07, 6.45) is 7.96. The second kappa shape index (κ2) is 3.46. The molecule has 3 rings (SSSR count). The predicted octanol–water partition coefficient (Wildman–Crippen LogP) is 3.31. The second-order valence-electron chi connectivity index (χ2n) is 6.14. The Morgan fingerprint density at radius 2 is 2.19 bits per heavy atom. The Labute approximate surface area is 98.2 Å². The lowest BCUT2D eigenvalue weighted by Gasteiger charge is -2.36. The zero-order valence-electron chi connectivity index (χ0n) is 10.0. The number of aliphatic hydroxyl groups is 1. The van der Waals surface area contributed by atoms with Crippen LogP contribution >= 0.6 is 0 Å². The van der Waals surface area contributed by atoms with Crippen molar-refractivity contribution >= 4 is 0 Å². The van der Waals surface area contributed by atoms with E-state index in [9.17, 15) is 5.11 Å². The van der Waals surface area contributed by atoms with E-state index in [1.54, 1.807) is 5.57 Å². The monoisotopic (exact) mass is 218 g/mol. The van der Waals surface area contributed by atoms with Gasteiger partial charge in [-0.1, -0.05) is 18.7 Å². The average Bonchev–Trinajstić information content (AvgIpc) is 2.97. The van der Waals surface area contributed by atoms with E-state index in [-0.39, 0.29) is 6.61 Å². The van der Waals surface area contributed by atoms with Gasteiger partial charge in [0.1, 0.15) is 0 Å². The van der Waals surface area contributed by atoms with Gasteiger partial charge in [-0.3, -0.25) is 0 Å². The summed E-state index contributed by atoms with van der Waals surface area (Å²) in [6.45, 7) is 8.58. The van der Waals surface area contributed by atoms with Gasteiger partial charge in [-0.15, -0.1) is 0 Å². The van der Waals surface area contributed by atoms with Crippen molar-refractivity contribution in [3.05, 3.63) is 24.3 Å². The highest BCUT2D eigenvalue weighted by atomic mass is 16.3. The van der Waals surface area contributed by atoms with Crippen molar-refractivity contribution in [3.8, 4) is 0 Å². The summed E-state index contributed by atoms with van der Waals surface area (Å²) in [7, 11) is 0. The van der Waals surface area contributed by atoms with Crippen molar-refractivity contribution in [2.45, 2.75) is 38.5 Å². The fourth-order valence-corrected chi connectivity index (χ4v) is 4.68. The highest BCUT2D eigenvalue weighted by Gasteiger charge is 2.56. The van der Waals surface area contributed by atoms with E-state index in [1.807, 2.05) is 0 Å². The molecule has 4 atom stereocenters. The molecule has 0 amide bonds. The van der Waals surface area contributed by atoms with E-state index in [0.717, 1.165) is 17.4 Å². The highest BCUT2D eigenvalue weighted by Crippen LogP contribution is 2.66. The molecule has 1 nitrogen and oxygen atoms in total. The van der Waals surface area contributed by atoms with E-state index in [4.69, 9.17) is 0 Å². The third kappa shape index (κ3) is 1.21. The average molecular weight is 218 g/mol. The van der Waals surface area contributed by atoms with Crippen molar-refractivity contribution in [1.82, 2.24) is 0 Å². The molecule has 0 aromatic rings. The minimum atomic E-state index is 0.168. The topological polar surface area (TPSA) is 20.2 Å². The number of rotatable bonds is 2. The Kier molecular flexibility index (Phi) is 2.29. The lowest BCUT2D eigenvalue weighted by atomic mass is 9.68. The highest BCUT2D eigenvalue weighted by molar-refractivity contribution is 5.28. The maximum absolute atomic E-state index is 9.20. The van der Waals surface area contributed by atoms with Gasteiger partial charge in [0, 0.05) is 0 Å². The summed E-state index contributed by atoms with van der Waals surface area (Å²) >= 11 is 0. The summed E-state index contributed by atoms with van der Waals surface area (Å²) in [5.74, 6) is 2.29. The van der Waals surface area contributed by atoms with E-state index in [1.165, 1.54) is 38.5 Å². The van der Waals surface area contributed by atoms with Gasteiger partial charge in [0.2, 0.25) is 0 Å². The molecule has 0 radical (unpaired) electrons. The molecule has 3 aliphatic rings. The zero-order chi connectivity index (χ0) is 11.3. The van der Waals surface area contributed by atoms with E-state index in [0.29, 0.717) is 11.3 Å². The van der Waals surface area contributed by atoms with Crippen LogP contribution in [0.3, 0.4) is 0 Å². The van der Waals surface area contributed by atoms with Crippen LogP contribution < -0.4 is 0 Å². The molecule has 3 saturated carbocycles. The lowest BCUT2D eigenvalue weighted by molar-refractivity contribution is 0.229. The first-order valence-corrected chi connectivity index (χ1v) is 6.65. The largest absolute Gasteiger partial charge is 0.392 e. The first kappa shape index (κ1) is 10.6. The Morgan fingerprint density at radius 3 is 2.81 bits per heavy atom. The van der Waals surface area contributed by atoms with Crippen LogP contribution in [0.5, 0.6) is 0 Å². The van der Waals surface area contributed by atoms with Gasteiger partial charge in [-0.05, 0) is 67.3 Å². The first-order valence-electron chi connectivity index (χ1n) is 6.65. The van der Waals surface area contributed by atoms with Crippen LogP contribution in [0.2, 0.25) is 0 Å². The summed E-state index contributed by atoms with van der Waals surface area (Å²) in [5.41, 5.74) is 3.05. The van der Waals surface area contributed by atoms with Gasteiger partial charge in [-0.25, -0.2) is 0 Å². The molecule has 0 aromatic heterocycles. The number of allylic oxidation sites excluding steroid dienone is 1. The third-order valence-electron chi connectivity index (χ3n) is 5.68. The Morgan fingerprint density at radius 1 is 1.38 bits per heavy atom. The van der Waals surface area contributed by atoms with Crippen LogP contribution in [0.4, 0.5) is 0 Å². The molecule has 1 heteroatoms. The smallest absolute Gasteiger partial charge is 0.0641 e. The van der Waals surface area contributed by atoms with Gasteiger partial charge in [0.05, 0.1) is 6.61 Å². The Hall–Kier alpha value is -0.560. The molecule has 3 fully saturated rings. The fourth-order valence-electron chi connectivity index (χ4n) is 4.68. The molecule has 0 saturated heterocycles. The third-order valence-corrected chi connectivity index (χ3v) is 5.68. The summed E-state index contributed by atoms with van der Waals surface area (Å²) < 4.78 is 0. The maximum Gasteiger partial charge on any atom is 0.0641 e. The fraction of sp³-hybridized carbons (Fsp3) is 0.733. The van der Waals surface area contributed by atoms with Crippen molar-refractivity contribution < 1.29 is 5.11 Å². The van der Waals surface area contributed by atoms with Gasteiger partial charge >= 0.3 is 0 Å². The van der Waals surface area contributed by atoms with Crippen LogP contribution in [0.15, 0.2) is 24.3 Å². The van der Waals surface area contributed by atoms with Gasteiger partial charge < -0.3 is 5.11 Å². The SMILES string of the molecule is C=C(CO)C1CCC2(C1)C(=C)C1CCC2C1. The molecule has 16 heavy (non-hydrogen) atoms. The van der Waals surface area contributed by atoms with Crippen LogP contribution in [0.1, 0.15) is 38.5 Å². The number of fused-ring (bicyclic) bond motifs is 3. The summed E-state index contributed by atoms with van der Waals surface area (Å²) in [5, 5.41) is 9.20. The molecule has 0 aliphatic heterocycles. The Bertz CT molecular complexity index is 343. The molecule has 2 bridgehead atoms. The van der Waals surface area contributed by atoms with Gasteiger partial charge in [-0.2, -0.15) is 0 Å². The van der Waals surface area contributed by atoms with Crippen LogP contribution in [0.25, 0.3) is 0 Å². The van der Waals surface area contributed by atoms with E-state index < -0.39 is 0 Å². The molecule has 3 aliphatic carbocycles.